The third-order valence-corrected chi connectivity index (χ3v) is 7.97. The van der Waals surface area contributed by atoms with Gasteiger partial charge in [-0.05, 0) is 54.9 Å². The minimum atomic E-state index is -1.48. The SMILES string of the molecule is CC(C)C(NC(=O)C(Cc1ccccc1)NC(=O)C1CCCN1C(=O)C(N)Cc1ccc(O)cc1)C(=O)NC(CCC(=O)O)C(=O)O. The van der Waals surface area contributed by atoms with Gasteiger partial charge in [-0.1, -0.05) is 56.3 Å². The number of nitrogens with zero attached hydrogens (tertiary/aromatic N) is 1. The van der Waals surface area contributed by atoms with Gasteiger partial charge in [-0.2, -0.15) is 0 Å². The van der Waals surface area contributed by atoms with Crippen molar-refractivity contribution in [3.63, 3.8) is 0 Å². The predicted octanol–water partition coefficient (Wildman–Crippen LogP) is 0.556. The maximum atomic E-state index is 13.7. The number of carbonyl (C=O) groups excluding carboxylic acids is 4. The molecule has 3 rings (SSSR count). The van der Waals surface area contributed by atoms with E-state index in [2.05, 4.69) is 16.0 Å². The normalized spacial score (nSPS) is 16.9. The molecule has 8 N–H and O–H groups in total. The number of amides is 4. The van der Waals surface area contributed by atoms with Crippen molar-refractivity contribution in [1.82, 2.24) is 20.9 Å². The van der Waals surface area contributed by atoms with Crippen LogP contribution in [0.25, 0.3) is 0 Å². The topological polar surface area (TPSA) is 228 Å². The summed E-state index contributed by atoms with van der Waals surface area (Å²) in [6.07, 6.45) is 0.324. The van der Waals surface area contributed by atoms with Gasteiger partial charge in [0.1, 0.15) is 29.9 Å². The van der Waals surface area contributed by atoms with Crippen molar-refractivity contribution < 1.29 is 44.1 Å². The molecule has 0 aromatic heterocycles. The molecule has 0 spiro atoms. The maximum Gasteiger partial charge on any atom is 0.326 e. The first-order valence-corrected chi connectivity index (χ1v) is 15.5. The van der Waals surface area contributed by atoms with E-state index >= 15 is 0 Å². The minimum absolute atomic E-state index is 0.0578. The van der Waals surface area contributed by atoms with Gasteiger partial charge in [-0.3, -0.25) is 24.0 Å². The molecule has 0 aliphatic carbocycles. The summed E-state index contributed by atoms with van der Waals surface area (Å²) in [6, 6.07) is 9.52. The van der Waals surface area contributed by atoms with Gasteiger partial charge in [-0.15, -0.1) is 0 Å². The monoisotopic (exact) mass is 653 g/mol. The standard InChI is InChI=1S/C33H43N5O9/c1-19(2)28(31(44)35-24(33(46)47)14-15-27(40)41)37-29(42)25(18-20-7-4-3-5-8-20)36-30(43)26-9-6-16-38(26)32(45)23(34)17-21-10-12-22(39)13-11-21/h3-5,7-8,10-13,19,23-26,28,39H,6,9,14-18,34H2,1-2H3,(H,35,44)(H,36,43)(H,37,42)(H,40,41)(H,46,47). The van der Waals surface area contributed by atoms with E-state index in [0.717, 1.165) is 5.56 Å². The molecule has 0 radical (unpaired) electrons. The van der Waals surface area contributed by atoms with E-state index in [4.69, 9.17) is 10.8 Å². The zero-order valence-corrected chi connectivity index (χ0v) is 26.4. The fourth-order valence-corrected chi connectivity index (χ4v) is 5.39. The van der Waals surface area contributed by atoms with Crippen LogP contribution < -0.4 is 21.7 Å². The van der Waals surface area contributed by atoms with Crippen molar-refractivity contribution in [3.05, 3.63) is 65.7 Å². The lowest BCUT2D eigenvalue weighted by atomic mass is 10.00. The van der Waals surface area contributed by atoms with Crippen molar-refractivity contribution in [2.45, 2.75) is 82.6 Å². The summed E-state index contributed by atoms with van der Waals surface area (Å²) in [5, 5.41) is 35.6. The Hall–Kier alpha value is -4.98. The molecule has 14 nitrogen and oxygen atoms in total. The molecular formula is C33H43N5O9. The Morgan fingerprint density at radius 3 is 2.09 bits per heavy atom. The lowest BCUT2D eigenvalue weighted by molar-refractivity contribution is -0.143. The Bertz CT molecular complexity index is 1420. The van der Waals surface area contributed by atoms with Gasteiger partial charge in [0.2, 0.25) is 23.6 Å². The molecule has 1 fully saturated rings. The van der Waals surface area contributed by atoms with Crippen LogP contribution in [-0.4, -0.2) is 92.5 Å². The average Bonchev–Trinajstić information content (AvgIpc) is 3.52. The first-order valence-electron chi connectivity index (χ1n) is 15.5. The number of hydrogen-bond donors (Lipinski definition) is 7. The Kier molecular flexibility index (Phi) is 13.3. The summed E-state index contributed by atoms with van der Waals surface area (Å²) in [4.78, 5) is 77.8. The number of phenolic OH excluding ortho intramolecular Hbond substituents is 1. The predicted molar refractivity (Wildman–Crippen MR) is 170 cm³/mol. The number of carboxylic acid groups (broad SMARTS) is 2. The van der Waals surface area contributed by atoms with E-state index in [1.807, 2.05) is 0 Å². The van der Waals surface area contributed by atoms with Gasteiger partial charge in [0.05, 0.1) is 6.04 Å². The molecule has 47 heavy (non-hydrogen) atoms. The molecular weight excluding hydrogens is 610 g/mol. The molecule has 14 heteroatoms. The number of benzene rings is 2. The molecule has 1 heterocycles. The van der Waals surface area contributed by atoms with Crippen LogP contribution in [0.5, 0.6) is 5.75 Å². The number of nitrogens with one attached hydrogen (secondary N) is 3. The number of rotatable bonds is 16. The Balaban J connectivity index is 1.75. The van der Waals surface area contributed by atoms with Gasteiger partial charge in [0.15, 0.2) is 0 Å². The highest BCUT2D eigenvalue weighted by Gasteiger charge is 2.38. The number of aromatic hydroxyl groups is 1. The second-order valence-corrected chi connectivity index (χ2v) is 12.0. The number of phenols is 1. The van der Waals surface area contributed by atoms with Crippen LogP contribution in [-0.2, 0) is 41.6 Å². The van der Waals surface area contributed by atoms with E-state index < -0.39 is 78.1 Å². The highest BCUT2D eigenvalue weighted by atomic mass is 16.4. The first kappa shape index (κ1) is 36.5. The molecule has 4 amide bonds. The summed E-state index contributed by atoms with van der Waals surface area (Å²) >= 11 is 0. The van der Waals surface area contributed by atoms with E-state index in [0.29, 0.717) is 24.9 Å². The Labute approximate surface area is 272 Å². The largest absolute Gasteiger partial charge is 0.508 e. The maximum absolute atomic E-state index is 13.7. The van der Waals surface area contributed by atoms with Gasteiger partial charge in [0, 0.05) is 19.4 Å². The highest BCUT2D eigenvalue weighted by molar-refractivity contribution is 5.96. The smallest absolute Gasteiger partial charge is 0.326 e. The fraction of sp³-hybridized carbons (Fsp3) is 0.455. The Morgan fingerprint density at radius 1 is 0.851 bits per heavy atom. The number of nitrogens with two attached hydrogens (primary N) is 1. The van der Waals surface area contributed by atoms with Gasteiger partial charge in [0.25, 0.3) is 0 Å². The van der Waals surface area contributed by atoms with Crippen LogP contribution in [0.3, 0.4) is 0 Å². The van der Waals surface area contributed by atoms with Crippen LogP contribution in [0.2, 0.25) is 0 Å². The van der Waals surface area contributed by atoms with Crippen molar-refractivity contribution in [2.75, 3.05) is 6.54 Å². The summed E-state index contributed by atoms with van der Waals surface area (Å²) in [5.74, 6) is -5.55. The number of hydrogen-bond acceptors (Lipinski definition) is 8. The van der Waals surface area contributed by atoms with Crippen molar-refractivity contribution in [3.8, 4) is 5.75 Å². The second-order valence-electron chi connectivity index (χ2n) is 12.0. The highest BCUT2D eigenvalue weighted by Crippen LogP contribution is 2.20. The van der Waals surface area contributed by atoms with Crippen LogP contribution in [0.15, 0.2) is 54.6 Å². The minimum Gasteiger partial charge on any atom is -0.508 e. The molecule has 0 saturated carbocycles. The molecule has 1 aliphatic heterocycles. The van der Waals surface area contributed by atoms with Gasteiger partial charge >= 0.3 is 11.9 Å². The first-order chi connectivity index (χ1) is 22.3. The zero-order valence-electron chi connectivity index (χ0n) is 26.4. The van der Waals surface area contributed by atoms with Crippen molar-refractivity contribution >= 4 is 35.6 Å². The van der Waals surface area contributed by atoms with E-state index in [1.165, 1.54) is 17.0 Å². The molecule has 254 valence electrons. The third-order valence-electron chi connectivity index (χ3n) is 7.97. The van der Waals surface area contributed by atoms with Crippen molar-refractivity contribution in [2.24, 2.45) is 11.7 Å². The van der Waals surface area contributed by atoms with Crippen LogP contribution in [0.4, 0.5) is 0 Å². The second kappa shape index (κ2) is 17.1. The van der Waals surface area contributed by atoms with Gasteiger partial charge < -0.3 is 41.9 Å². The molecule has 5 atom stereocenters. The quantitative estimate of drug-likeness (QED) is 0.133. The third kappa shape index (κ3) is 10.8. The van der Waals surface area contributed by atoms with Gasteiger partial charge in [-0.25, -0.2) is 4.79 Å². The molecule has 0 bridgehead atoms. The molecule has 1 aliphatic rings. The summed E-state index contributed by atoms with van der Waals surface area (Å²) in [5.41, 5.74) is 7.68. The number of carbonyl (C=O) groups is 6. The molecule has 2 aromatic carbocycles. The van der Waals surface area contributed by atoms with E-state index in [9.17, 15) is 39.0 Å². The van der Waals surface area contributed by atoms with Crippen LogP contribution >= 0.6 is 0 Å². The number of likely N-dealkylation sites (tertiary alicyclic amines) is 1. The average molecular weight is 654 g/mol. The fourth-order valence-electron chi connectivity index (χ4n) is 5.39. The summed E-state index contributed by atoms with van der Waals surface area (Å²) in [6.45, 7) is 3.59. The van der Waals surface area contributed by atoms with E-state index in [1.54, 1.807) is 56.3 Å². The molecule has 2 aromatic rings. The number of aliphatic carboxylic acids is 2. The molecule has 5 unspecified atom stereocenters. The summed E-state index contributed by atoms with van der Waals surface area (Å²) in [7, 11) is 0. The van der Waals surface area contributed by atoms with E-state index in [-0.39, 0.29) is 25.0 Å². The van der Waals surface area contributed by atoms with Crippen molar-refractivity contribution in [1.29, 1.82) is 0 Å². The lowest BCUT2D eigenvalue weighted by Crippen LogP contribution is -2.59. The number of carboxylic acids is 2. The molecule has 1 saturated heterocycles. The lowest BCUT2D eigenvalue weighted by Gasteiger charge is -2.29. The Morgan fingerprint density at radius 2 is 1.49 bits per heavy atom. The zero-order chi connectivity index (χ0) is 34.7. The van der Waals surface area contributed by atoms with Crippen LogP contribution in [0.1, 0.15) is 50.7 Å². The van der Waals surface area contributed by atoms with Crippen LogP contribution in [0, 0.1) is 5.92 Å². The summed E-state index contributed by atoms with van der Waals surface area (Å²) < 4.78 is 0.